The number of hydrogen-bond donors (Lipinski definition) is 0. The Kier molecular flexibility index (Phi) is 3.29. The van der Waals surface area contributed by atoms with E-state index in [0.29, 0.717) is 17.4 Å². The van der Waals surface area contributed by atoms with Crippen LogP contribution in [0.1, 0.15) is 16.4 Å². The van der Waals surface area contributed by atoms with Gasteiger partial charge in [0, 0.05) is 11.6 Å². The van der Waals surface area contributed by atoms with Crippen LogP contribution in [0.5, 0.6) is 0 Å². The maximum Gasteiger partial charge on any atom is 0.114 e. The fraction of sp³-hybridized carbons (Fsp3) is 0.333. The van der Waals surface area contributed by atoms with Gasteiger partial charge in [0.2, 0.25) is 0 Å². The van der Waals surface area contributed by atoms with Crippen LogP contribution in [0.3, 0.4) is 0 Å². The Morgan fingerprint density at radius 1 is 1.53 bits per heavy atom. The second-order valence-electron chi connectivity index (χ2n) is 3.13. The topological polar surface area (TPSA) is 30.7 Å². The molecule has 2 aromatic rings. The maximum atomic E-state index is 5.91. The SMILES string of the molecule is Cc1nn(Cc2nc(CCl)cs2)cc1Cl. The minimum Gasteiger partial charge on any atom is -0.264 e. The van der Waals surface area contributed by atoms with E-state index in [1.165, 1.54) is 0 Å². The van der Waals surface area contributed by atoms with Crippen molar-refractivity contribution in [3.05, 3.63) is 33.0 Å². The lowest BCUT2D eigenvalue weighted by molar-refractivity contribution is 0.675. The summed E-state index contributed by atoms with van der Waals surface area (Å²) in [6.45, 7) is 2.53. The molecule has 2 aromatic heterocycles. The van der Waals surface area contributed by atoms with Crippen LogP contribution in [-0.2, 0) is 12.4 Å². The van der Waals surface area contributed by atoms with Crippen molar-refractivity contribution in [2.24, 2.45) is 0 Å². The van der Waals surface area contributed by atoms with Crippen molar-refractivity contribution in [1.82, 2.24) is 14.8 Å². The molecule has 3 nitrogen and oxygen atoms in total. The van der Waals surface area contributed by atoms with Gasteiger partial charge in [-0.15, -0.1) is 22.9 Å². The molecule has 0 fully saturated rings. The van der Waals surface area contributed by atoms with Gasteiger partial charge in [0.15, 0.2) is 0 Å². The normalized spacial score (nSPS) is 10.9. The summed E-state index contributed by atoms with van der Waals surface area (Å²) in [6, 6.07) is 0. The Balaban J connectivity index is 2.14. The molecule has 0 saturated heterocycles. The molecule has 0 aliphatic heterocycles. The van der Waals surface area contributed by atoms with E-state index < -0.39 is 0 Å². The first kappa shape index (κ1) is 10.9. The zero-order valence-electron chi connectivity index (χ0n) is 8.07. The van der Waals surface area contributed by atoms with E-state index in [-0.39, 0.29) is 0 Å². The monoisotopic (exact) mass is 261 g/mol. The highest BCUT2D eigenvalue weighted by atomic mass is 35.5. The lowest BCUT2D eigenvalue weighted by atomic mass is 10.5. The molecule has 0 bridgehead atoms. The fourth-order valence-electron chi connectivity index (χ4n) is 1.20. The predicted octanol–water partition coefficient (Wildman–Crippen LogP) is 3.09. The average Bonchev–Trinajstić information content (AvgIpc) is 2.76. The molecule has 0 N–H and O–H groups in total. The smallest absolute Gasteiger partial charge is 0.114 e. The van der Waals surface area contributed by atoms with Gasteiger partial charge in [-0.1, -0.05) is 11.6 Å². The predicted molar refractivity (Wildman–Crippen MR) is 62.7 cm³/mol. The molecule has 0 saturated carbocycles. The van der Waals surface area contributed by atoms with Crippen LogP contribution in [0, 0.1) is 6.92 Å². The first-order valence-corrected chi connectivity index (χ1v) is 6.17. The van der Waals surface area contributed by atoms with Crippen LogP contribution < -0.4 is 0 Å². The van der Waals surface area contributed by atoms with Crippen molar-refractivity contribution in [3.63, 3.8) is 0 Å². The Hall–Kier alpha value is -0.580. The number of thiazole rings is 1. The summed E-state index contributed by atoms with van der Waals surface area (Å²) >= 11 is 13.2. The van der Waals surface area contributed by atoms with Gasteiger partial charge in [0.05, 0.1) is 28.8 Å². The van der Waals surface area contributed by atoms with Crippen LogP contribution in [0.4, 0.5) is 0 Å². The number of aryl methyl sites for hydroxylation is 1. The molecule has 80 valence electrons. The van der Waals surface area contributed by atoms with Gasteiger partial charge in [-0.3, -0.25) is 4.68 Å². The zero-order chi connectivity index (χ0) is 10.8. The number of rotatable bonds is 3. The molecule has 0 aromatic carbocycles. The fourth-order valence-corrected chi connectivity index (χ4v) is 2.36. The van der Waals surface area contributed by atoms with Crippen LogP contribution in [0.15, 0.2) is 11.6 Å². The highest BCUT2D eigenvalue weighted by Crippen LogP contribution is 2.16. The summed E-state index contributed by atoms with van der Waals surface area (Å²) in [5, 5.41) is 7.89. The third-order valence-electron chi connectivity index (χ3n) is 1.92. The van der Waals surface area contributed by atoms with Gasteiger partial charge in [-0.25, -0.2) is 4.98 Å². The van der Waals surface area contributed by atoms with E-state index in [4.69, 9.17) is 23.2 Å². The largest absolute Gasteiger partial charge is 0.264 e. The molecule has 0 aliphatic carbocycles. The molecule has 0 unspecified atom stereocenters. The summed E-state index contributed by atoms with van der Waals surface area (Å²) < 4.78 is 1.79. The number of alkyl halides is 1. The van der Waals surface area contributed by atoms with E-state index >= 15 is 0 Å². The van der Waals surface area contributed by atoms with Gasteiger partial charge >= 0.3 is 0 Å². The van der Waals surface area contributed by atoms with Gasteiger partial charge in [0.1, 0.15) is 5.01 Å². The van der Waals surface area contributed by atoms with Crippen molar-refractivity contribution >= 4 is 34.5 Å². The van der Waals surface area contributed by atoms with Crippen molar-refractivity contribution in [1.29, 1.82) is 0 Å². The molecule has 0 spiro atoms. The number of aromatic nitrogens is 3. The summed E-state index contributed by atoms with van der Waals surface area (Å²) in [7, 11) is 0. The minimum absolute atomic E-state index is 0.454. The second-order valence-corrected chi connectivity index (χ2v) is 4.74. The summed E-state index contributed by atoms with van der Waals surface area (Å²) in [4.78, 5) is 4.35. The quantitative estimate of drug-likeness (QED) is 0.796. The summed E-state index contributed by atoms with van der Waals surface area (Å²) in [5.41, 5.74) is 1.75. The summed E-state index contributed by atoms with van der Waals surface area (Å²) in [6.07, 6.45) is 1.80. The Morgan fingerprint density at radius 3 is 2.87 bits per heavy atom. The van der Waals surface area contributed by atoms with Crippen molar-refractivity contribution in [2.75, 3.05) is 0 Å². The third kappa shape index (κ3) is 2.51. The van der Waals surface area contributed by atoms with E-state index in [1.54, 1.807) is 22.2 Å². The van der Waals surface area contributed by atoms with Crippen LogP contribution in [-0.4, -0.2) is 14.8 Å². The number of hydrogen-bond acceptors (Lipinski definition) is 3. The molecule has 2 rings (SSSR count). The van der Waals surface area contributed by atoms with Crippen LogP contribution in [0.25, 0.3) is 0 Å². The Labute approximate surface area is 102 Å². The molecular formula is C9H9Cl2N3S. The van der Waals surface area contributed by atoms with Crippen molar-refractivity contribution in [3.8, 4) is 0 Å². The van der Waals surface area contributed by atoms with Gasteiger partial charge in [-0.2, -0.15) is 5.10 Å². The average molecular weight is 262 g/mol. The number of nitrogens with zero attached hydrogens (tertiary/aromatic N) is 3. The standard InChI is InChI=1S/C9H9Cl2N3S/c1-6-8(11)3-14(13-6)4-9-12-7(2-10)5-15-9/h3,5H,2,4H2,1H3. The number of halogens is 2. The highest BCUT2D eigenvalue weighted by Gasteiger charge is 2.05. The molecule has 0 amide bonds. The lowest BCUT2D eigenvalue weighted by Gasteiger charge is -1.95. The van der Waals surface area contributed by atoms with E-state index in [1.807, 2.05) is 12.3 Å². The molecule has 15 heavy (non-hydrogen) atoms. The maximum absolute atomic E-state index is 5.91. The minimum atomic E-state index is 0.454. The highest BCUT2D eigenvalue weighted by molar-refractivity contribution is 7.09. The molecular weight excluding hydrogens is 253 g/mol. The zero-order valence-corrected chi connectivity index (χ0v) is 10.4. The van der Waals surface area contributed by atoms with Crippen molar-refractivity contribution < 1.29 is 0 Å². The molecule has 2 heterocycles. The van der Waals surface area contributed by atoms with Crippen LogP contribution in [0.2, 0.25) is 5.02 Å². The third-order valence-corrected chi connectivity index (χ3v) is 3.45. The Morgan fingerprint density at radius 2 is 2.33 bits per heavy atom. The summed E-state index contributed by atoms with van der Waals surface area (Å²) in [5.74, 6) is 0.454. The van der Waals surface area contributed by atoms with Gasteiger partial charge < -0.3 is 0 Å². The van der Waals surface area contributed by atoms with Crippen molar-refractivity contribution in [2.45, 2.75) is 19.3 Å². The van der Waals surface area contributed by atoms with E-state index in [0.717, 1.165) is 16.4 Å². The van der Waals surface area contributed by atoms with E-state index in [2.05, 4.69) is 10.1 Å². The van der Waals surface area contributed by atoms with Gasteiger partial charge in [0.25, 0.3) is 0 Å². The second kappa shape index (κ2) is 4.51. The lowest BCUT2D eigenvalue weighted by Crippen LogP contribution is -2.00. The molecule has 0 aliphatic rings. The Bertz CT molecular complexity index is 444. The first-order chi connectivity index (χ1) is 7.19. The van der Waals surface area contributed by atoms with E-state index in [9.17, 15) is 0 Å². The molecule has 0 radical (unpaired) electrons. The van der Waals surface area contributed by atoms with Gasteiger partial charge in [-0.05, 0) is 6.92 Å². The van der Waals surface area contributed by atoms with Crippen LogP contribution >= 0.6 is 34.5 Å². The first-order valence-electron chi connectivity index (χ1n) is 4.38. The molecule has 6 heteroatoms. The molecule has 0 atom stereocenters.